The van der Waals surface area contributed by atoms with E-state index < -0.39 is 5.54 Å². The van der Waals surface area contributed by atoms with Gasteiger partial charge in [-0.1, -0.05) is 78.9 Å². The maximum Gasteiger partial charge on any atom is 0.217 e. The van der Waals surface area contributed by atoms with Gasteiger partial charge in [0.15, 0.2) is 0 Å². The smallest absolute Gasteiger partial charge is 0.217 e. The first-order chi connectivity index (χ1) is 10.7. The fourth-order valence-corrected chi connectivity index (χ4v) is 3.11. The van der Waals surface area contributed by atoms with Crippen molar-refractivity contribution in [1.29, 1.82) is 0 Å². The third kappa shape index (κ3) is 2.60. The lowest BCUT2D eigenvalue weighted by atomic mass is 9.74. The van der Waals surface area contributed by atoms with E-state index in [1.807, 2.05) is 36.4 Å². The summed E-state index contributed by atoms with van der Waals surface area (Å²) in [6.07, 6.45) is 7.01. The van der Waals surface area contributed by atoms with Crippen LogP contribution in [0.2, 0.25) is 0 Å². The molecule has 0 aliphatic heterocycles. The van der Waals surface area contributed by atoms with Crippen LogP contribution >= 0.6 is 0 Å². The molecule has 0 fully saturated rings. The highest BCUT2D eigenvalue weighted by Gasteiger charge is 2.37. The average Bonchev–Trinajstić information content (AvgIpc) is 2.56. The zero-order valence-electron chi connectivity index (χ0n) is 12.6. The minimum atomic E-state index is -0.511. The Morgan fingerprint density at radius 3 is 2.27 bits per heavy atom. The lowest BCUT2D eigenvalue weighted by Crippen LogP contribution is -2.46. The van der Waals surface area contributed by atoms with Gasteiger partial charge in [0.05, 0.1) is 5.54 Å². The van der Waals surface area contributed by atoms with E-state index in [1.165, 1.54) is 0 Å². The van der Waals surface area contributed by atoms with Crippen LogP contribution in [-0.2, 0) is 10.3 Å². The van der Waals surface area contributed by atoms with Gasteiger partial charge in [-0.25, -0.2) is 0 Å². The van der Waals surface area contributed by atoms with Gasteiger partial charge in [-0.15, -0.1) is 0 Å². The number of allylic oxidation sites excluding steroid dienone is 2. The monoisotopic (exact) mass is 289 g/mol. The number of carbonyl (C=O) groups is 1. The normalized spacial score (nSPS) is 20.3. The summed E-state index contributed by atoms with van der Waals surface area (Å²) in [5.74, 6) is -0.0269. The molecule has 0 aromatic heterocycles. The summed E-state index contributed by atoms with van der Waals surface area (Å²) in [6.45, 7) is 1.58. The molecule has 110 valence electrons. The van der Waals surface area contributed by atoms with Gasteiger partial charge >= 0.3 is 0 Å². The molecule has 2 heteroatoms. The quantitative estimate of drug-likeness (QED) is 0.907. The summed E-state index contributed by atoms with van der Waals surface area (Å²) < 4.78 is 0. The first kappa shape index (κ1) is 14.3. The number of nitrogens with one attached hydrogen (secondary N) is 1. The minimum Gasteiger partial charge on any atom is -0.342 e. The van der Waals surface area contributed by atoms with E-state index in [2.05, 4.69) is 47.8 Å². The van der Waals surface area contributed by atoms with E-state index in [9.17, 15) is 4.79 Å². The molecule has 0 saturated heterocycles. The molecule has 0 radical (unpaired) electrons. The van der Waals surface area contributed by atoms with Crippen molar-refractivity contribution in [2.45, 2.75) is 18.9 Å². The van der Waals surface area contributed by atoms with Crippen LogP contribution in [0.1, 0.15) is 24.5 Å². The van der Waals surface area contributed by atoms with Crippen molar-refractivity contribution < 1.29 is 4.79 Å². The molecule has 2 nitrogen and oxygen atoms in total. The van der Waals surface area contributed by atoms with Crippen LogP contribution in [0.15, 0.2) is 78.9 Å². The first-order valence-corrected chi connectivity index (χ1v) is 7.49. The van der Waals surface area contributed by atoms with Gasteiger partial charge in [0, 0.05) is 6.92 Å². The fourth-order valence-electron chi connectivity index (χ4n) is 3.11. The van der Waals surface area contributed by atoms with Gasteiger partial charge < -0.3 is 5.32 Å². The van der Waals surface area contributed by atoms with Crippen LogP contribution in [0.3, 0.4) is 0 Å². The molecule has 1 amide bonds. The first-order valence-electron chi connectivity index (χ1n) is 7.49. The number of carbonyl (C=O) groups excluding carboxylic acids is 1. The van der Waals surface area contributed by atoms with Crippen LogP contribution in [0.25, 0.3) is 5.57 Å². The van der Waals surface area contributed by atoms with Crippen LogP contribution in [0, 0.1) is 0 Å². The Labute approximate surface area is 131 Å². The summed E-state index contributed by atoms with van der Waals surface area (Å²) in [4.78, 5) is 11.9. The third-order valence-corrected chi connectivity index (χ3v) is 4.02. The van der Waals surface area contributed by atoms with Crippen molar-refractivity contribution >= 4 is 11.5 Å². The predicted molar refractivity (Wildman–Crippen MR) is 90.1 cm³/mol. The second-order valence-corrected chi connectivity index (χ2v) is 5.53. The molecule has 0 bridgehead atoms. The number of hydrogen-bond acceptors (Lipinski definition) is 1. The molecular formula is C20H19NO. The van der Waals surface area contributed by atoms with E-state index in [0.29, 0.717) is 0 Å². The second-order valence-electron chi connectivity index (χ2n) is 5.53. The molecule has 1 atom stereocenters. The Hall–Kier alpha value is -2.61. The Balaban J connectivity index is 2.18. The molecule has 1 N–H and O–H groups in total. The molecular weight excluding hydrogens is 270 g/mol. The molecule has 22 heavy (non-hydrogen) atoms. The summed E-state index contributed by atoms with van der Waals surface area (Å²) >= 11 is 0. The van der Waals surface area contributed by atoms with Gasteiger partial charge in [-0.05, 0) is 23.1 Å². The topological polar surface area (TPSA) is 29.1 Å². The zero-order valence-corrected chi connectivity index (χ0v) is 12.6. The van der Waals surface area contributed by atoms with E-state index >= 15 is 0 Å². The standard InChI is InChI=1S/C20H19NO/c1-16(22)21-20(18-12-6-3-7-13-18)15-9-8-14-19(20)17-10-4-2-5-11-17/h2-14H,15H2,1H3,(H,21,22). The summed E-state index contributed by atoms with van der Waals surface area (Å²) in [5, 5.41) is 3.20. The maximum absolute atomic E-state index is 11.9. The average molecular weight is 289 g/mol. The molecule has 1 aliphatic rings. The number of rotatable bonds is 3. The Bertz CT molecular complexity index is 716. The van der Waals surface area contributed by atoms with Gasteiger partial charge in [0.2, 0.25) is 5.91 Å². The van der Waals surface area contributed by atoms with Gasteiger partial charge in [-0.2, -0.15) is 0 Å². The lowest BCUT2D eigenvalue weighted by molar-refractivity contribution is -0.120. The number of hydrogen-bond donors (Lipinski definition) is 1. The number of amides is 1. The molecule has 2 aromatic rings. The zero-order chi connectivity index (χ0) is 15.4. The molecule has 0 spiro atoms. The van der Waals surface area contributed by atoms with Gasteiger partial charge in [0.1, 0.15) is 0 Å². The van der Waals surface area contributed by atoms with Gasteiger partial charge in [-0.3, -0.25) is 4.79 Å². The molecule has 2 aromatic carbocycles. The van der Waals surface area contributed by atoms with Crippen molar-refractivity contribution in [1.82, 2.24) is 5.32 Å². The molecule has 3 rings (SSSR count). The van der Waals surface area contributed by atoms with Crippen molar-refractivity contribution in [3.8, 4) is 0 Å². The van der Waals surface area contributed by atoms with Crippen molar-refractivity contribution in [2.75, 3.05) is 0 Å². The summed E-state index contributed by atoms with van der Waals surface area (Å²) in [5.41, 5.74) is 2.84. The molecule has 1 aliphatic carbocycles. The largest absolute Gasteiger partial charge is 0.342 e. The van der Waals surface area contributed by atoms with Crippen LogP contribution < -0.4 is 5.32 Å². The molecule has 0 saturated carbocycles. The molecule has 1 unspecified atom stereocenters. The van der Waals surface area contributed by atoms with Crippen molar-refractivity contribution in [3.05, 3.63) is 90.0 Å². The molecule has 0 heterocycles. The summed E-state index contributed by atoms with van der Waals surface area (Å²) in [7, 11) is 0. The fraction of sp³-hybridized carbons (Fsp3) is 0.150. The number of benzene rings is 2. The van der Waals surface area contributed by atoms with Crippen LogP contribution in [-0.4, -0.2) is 5.91 Å². The van der Waals surface area contributed by atoms with E-state index in [1.54, 1.807) is 6.92 Å². The van der Waals surface area contributed by atoms with E-state index in [-0.39, 0.29) is 5.91 Å². The van der Waals surface area contributed by atoms with E-state index in [0.717, 1.165) is 23.1 Å². The van der Waals surface area contributed by atoms with Crippen LogP contribution in [0.4, 0.5) is 0 Å². The van der Waals surface area contributed by atoms with E-state index in [4.69, 9.17) is 0 Å². The Morgan fingerprint density at radius 1 is 1.00 bits per heavy atom. The highest BCUT2D eigenvalue weighted by molar-refractivity contribution is 5.84. The Kier molecular flexibility index (Phi) is 3.92. The highest BCUT2D eigenvalue weighted by Crippen LogP contribution is 2.41. The van der Waals surface area contributed by atoms with Crippen molar-refractivity contribution in [3.63, 3.8) is 0 Å². The maximum atomic E-state index is 11.9. The lowest BCUT2D eigenvalue weighted by Gasteiger charge is -2.38. The summed E-state index contributed by atoms with van der Waals surface area (Å²) in [6, 6.07) is 20.4. The van der Waals surface area contributed by atoms with Crippen molar-refractivity contribution in [2.24, 2.45) is 0 Å². The van der Waals surface area contributed by atoms with Crippen LogP contribution in [0.5, 0.6) is 0 Å². The minimum absolute atomic E-state index is 0.0269. The third-order valence-electron chi connectivity index (χ3n) is 4.02. The SMILES string of the molecule is CC(=O)NC1(c2ccccc2)CC=CC=C1c1ccccc1. The Morgan fingerprint density at radius 2 is 1.64 bits per heavy atom. The highest BCUT2D eigenvalue weighted by atomic mass is 16.1. The predicted octanol–water partition coefficient (Wildman–Crippen LogP) is 4.06. The van der Waals surface area contributed by atoms with Gasteiger partial charge in [0.25, 0.3) is 0 Å². The second kappa shape index (κ2) is 6.02.